The predicted octanol–water partition coefficient (Wildman–Crippen LogP) is 0.854. The summed E-state index contributed by atoms with van der Waals surface area (Å²) in [7, 11) is 0. The van der Waals surface area contributed by atoms with Gasteiger partial charge in [0.05, 0.1) is 16.6 Å². The van der Waals surface area contributed by atoms with Crippen LogP contribution in [0.3, 0.4) is 0 Å². The number of aliphatic hydroxyl groups excluding tert-OH is 1. The van der Waals surface area contributed by atoms with E-state index >= 15 is 0 Å². The lowest BCUT2D eigenvalue weighted by Gasteiger charge is -2.16. The highest BCUT2D eigenvalue weighted by Crippen LogP contribution is 2.26. The summed E-state index contributed by atoms with van der Waals surface area (Å²) in [5.41, 5.74) is 1.60. The summed E-state index contributed by atoms with van der Waals surface area (Å²) in [5.74, 6) is 0. The summed E-state index contributed by atoms with van der Waals surface area (Å²) in [6, 6.07) is 6.75. The molecule has 19 heavy (non-hydrogen) atoms. The van der Waals surface area contributed by atoms with Gasteiger partial charge in [0.2, 0.25) is 0 Å². The minimum atomic E-state index is -0.973. The molecule has 1 heterocycles. The molecule has 0 bridgehead atoms. The van der Waals surface area contributed by atoms with Gasteiger partial charge in [-0.05, 0) is 18.6 Å². The molecule has 7 heteroatoms. The summed E-state index contributed by atoms with van der Waals surface area (Å²) in [5, 5.41) is 31.9. The maximum absolute atomic E-state index is 11.2. The maximum atomic E-state index is 11.2. The van der Waals surface area contributed by atoms with Gasteiger partial charge in [0.1, 0.15) is 0 Å². The molecule has 0 fully saturated rings. The first-order chi connectivity index (χ1) is 8.74. The highest BCUT2D eigenvalue weighted by molar-refractivity contribution is 5.98. The SMILES string of the molecule is Cl.[O-][NH+](O)c1cccc2nccc(NCCCO)c12. The quantitative estimate of drug-likeness (QED) is 0.483. The van der Waals surface area contributed by atoms with Crippen LogP contribution in [0.4, 0.5) is 11.4 Å². The van der Waals surface area contributed by atoms with Crippen molar-refractivity contribution >= 4 is 34.7 Å². The molecule has 0 saturated carbocycles. The molecule has 6 nitrogen and oxygen atoms in total. The third kappa shape index (κ3) is 3.52. The van der Waals surface area contributed by atoms with Crippen LogP contribution >= 0.6 is 12.4 Å². The lowest BCUT2D eigenvalue weighted by molar-refractivity contribution is -0.990. The lowest BCUT2D eigenvalue weighted by atomic mass is 10.1. The molecule has 0 radical (unpaired) electrons. The summed E-state index contributed by atoms with van der Waals surface area (Å²) < 4.78 is 0. The van der Waals surface area contributed by atoms with Crippen molar-refractivity contribution in [3.63, 3.8) is 0 Å². The van der Waals surface area contributed by atoms with Crippen LogP contribution in [0, 0.1) is 5.21 Å². The molecule has 1 atom stereocenters. The number of rotatable bonds is 5. The third-order valence-electron chi connectivity index (χ3n) is 2.65. The van der Waals surface area contributed by atoms with Crippen LogP contribution < -0.4 is 10.5 Å². The zero-order valence-corrected chi connectivity index (χ0v) is 11.0. The second kappa shape index (κ2) is 7.22. The second-order valence-corrected chi connectivity index (χ2v) is 3.87. The number of aliphatic hydroxyl groups is 1. The number of quaternary nitrogens is 1. The Morgan fingerprint density at radius 3 is 2.79 bits per heavy atom. The molecular formula is C12H16ClN3O3. The van der Waals surface area contributed by atoms with Gasteiger partial charge in [0, 0.05) is 25.4 Å². The molecule has 1 aromatic carbocycles. The molecule has 2 rings (SSSR count). The van der Waals surface area contributed by atoms with E-state index in [0.717, 1.165) is 5.69 Å². The summed E-state index contributed by atoms with van der Waals surface area (Å²) in [6.07, 6.45) is 2.24. The minimum absolute atomic E-state index is 0. The number of fused-ring (bicyclic) bond motifs is 1. The Kier molecular flexibility index (Phi) is 5.94. The van der Waals surface area contributed by atoms with E-state index in [-0.39, 0.29) is 24.7 Å². The van der Waals surface area contributed by atoms with Gasteiger partial charge in [-0.25, -0.2) is 5.21 Å². The number of hydrogen-bond donors (Lipinski definition) is 4. The van der Waals surface area contributed by atoms with E-state index in [1.54, 1.807) is 30.5 Å². The van der Waals surface area contributed by atoms with Crippen molar-refractivity contribution in [3.8, 4) is 0 Å². The lowest BCUT2D eigenvalue weighted by Crippen LogP contribution is -2.99. The zero-order valence-electron chi connectivity index (χ0n) is 10.2. The number of halogens is 1. The van der Waals surface area contributed by atoms with Gasteiger partial charge >= 0.3 is 0 Å². The number of benzene rings is 1. The van der Waals surface area contributed by atoms with E-state index in [1.807, 2.05) is 0 Å². The van der Waals surface area contributed by atoms with Gasteiger partial charge in [-0.15, -0.1) is 12.4 Å². The van der Waals surface area contributed by atoms with Crippen molar-refractivity contribution in [2.45, 2.75) is 6.42 Å². The average Bonchev–Trinajstić information content (AvgIpc) is 2.38. The first kappa shape index (κ1) is 15.6. The number of nitrogens with one attached hydrogen (secondary N) is 2. The fourth-order valence-electron chi connectivity index (χ4n) is 1.83. The molecule has 1 unspecified atom stereocenters. The molecule has 2 aromatic rings. The second-order valence-electron chi connectivity index (χ2n) is 3.87. The summed E-state index contributed by atoms with van der Waals surface area (Å²) in [6.45, 7) is 0.686. The Bertz CT molecular complexity index is 531. The molecular weight excluding hydrogens is 270 g/mol. The molecule has 0 aliphatic rings. The van der Waals surface area contributed by atoms with E-state index in [4.69, 9.17) is 5.11 Å². The molecule has 0 spiro atoms. The van der Waals surface area contributed by atoms with Crippen molar-refractivity contribution in [2.75, 3.05) is 18.5 Å². The Balaban J connectivity index is 0.00000180. The van der Waals surface area contributed by atoms with Crippen molar-refractivity contribution in [1.82, 2.24) is 4.98 Å². The molecule has 4 N–H and O–H groups in total. The van der Waals surface area contributed by atoms with E-state index < -0.39 is 5.23 Å². The molecule has 104 valence electrons. The van der Waals surface area contributed by atoms with Crippen molar-refractivity contribution in [2.24, 2.45) is 0 Å². The van der Waals surface area contributed by atoms with Gasteiger partial charge in [0.25, 0.3) is 0 Å². The average molecular weight is 286 g/mol. The van der Waals surface area contributed by atoms with Crippen molar-refractivity contribution in [1.29, 1.82) is 0 Å². The van der Waals surface area contributed by atoms with E-state index in [1.165, 1.54) is 0 Å². The van der Waals surface area contributed by atoms with Gasteiger partial charge in [-0.3, -0.25) is 4.98 Å². The highest BCUT2D eigenvalue weighted by Gasteiger charge is 2.11. The molecule has 0 saturated heterocycles. The van der Waals surface area contributed by atoms with E-state index in [0.29, 0.717) is 23.9 Å². The van der Waals surface area contributed by atoms with Gasteiger partial charge < -0.3 is 15.6 Å². The smallest absolute Gasteiger partial charge is 0.175 e. The fourth-order valence-corrected chi connectivity index (χ4v) is 1.83. The van der Waals surface area contributed by atoms with Gasteiger partial charge in [0.15, 0.2) is 5.69 Å². The van der Waals surface area contributed by atoms with Crippen LogP contribution in [0.1, 0.15) is 6.42 Å². The molecule has 0 aliphatic carbocycles. The summed E-state index contributed by atoms with van der Waals surface area (Å²) >= 11 is 0. The first-order valence-corrected chi connectivity index (χ1v) is 5.70. The number of aromatic nitrogens is 1. The van der Waals surface area contributed by atoms with E-state index in [2.05, 4.69) is 10.3 Å². The Labute approximate surface area is 116 Å². The topological polar surface area (TPSA) is 92.9 Å². The molecule has 0 aliphatic heterocycles. The van der Waals surface area contributed by atoms with Crippen LogP contribution in [-0.2, 0) is 0 Å². The highest BCUT2D eigenvalue weighted by atomic mass is 35.5. The van der Waals surface area contributed by atoms with Crippen LogP contribution in [0.15, 0.2) is 30.5 Å². The van der Waals surface area contributed by atoms with Crippen LogP contribution in [0.25, 0.3) is 10.9 Å². The van der Waals surface area contributed by atoms with Gasteiger partial charge in [-0.2, -0.15) is 5.23 Å². The minimum Gasteiger partial charge on any atom is -0.595 e. The van der Waals surface area contributed by atoms with Crippen LogP contribution in [0.5, 0.6) is 0 Å². The Morgan fingerprint density at radius 1 is 1.32 bits per heavy atom. The molecule has 0 amide bonds. The Hall–Kier alpha value is -1.44. The van der Waals surface area contributed by atoms with Crippen LogP contribution in [-0.4, -0.2) is 28.4 Å². The van der Waals surface area contributed by atoms with Crippen molar-refractivity contribution in [3.05, 3.63) is 35.7 Å². The number of hydrogen-bond acceptors (Lipinski definition) is 5. The largest absolute Gasteiger partial charge is 0.595 e. The monoisotopic (exact) mass is 285 g/mol. The number of anilines is 1. The maximum Gasteiger partial charge on any atom is 0.175 e. The zero-order chi connectivity index (χ0) is 13.0. The normalized spacial score (nSPS) is 11.9. The molecule has 1 aromatic heterocycles. The Morgan fingerprint density at radius 2 is 2.11 bits per heavy atom. The standard InChI is InChI=1S/C12H15N3O3.ClH/c16-8-2-6-13-10-5-7-14-9-3-1-4-11(12(9)10)15(17)18;/h1,3-5,7,15-17H,2,6,8H2,(H,13,14);1H. The predicted molar refractivity (Wildman–Crippen MR) is 75.0 cm³/mol. The first-order valence-electron chi connectivity index (χ1n) is 5.70. The third-order valence-corrected chi connectivity index (χ3v) is 2.65. The van der Waals surface area contributed by atoms with Crippen molar-refractivity contribution < 1.29 is 15.5 Å². The number of pyridine rings is 1. The number of nitrogens with zero attached hydrogens (tertiary/aromatic N) is 1. The summed E-state index contributed by atoms with van der Waals surface area (Å²) in [4.78, 5) is 4.16. The fraction of sp³-hybridized carbons (Fsp3) is 0.250. The van der Waals surface area contributed by atoms with E-state index in [9.17, 15) is 10.4 Å². The van der Waals surface area contributed by atoms with Crippen LogP contribution in [0.2, 0.25) is 0 Å². The van der Waals surface area contributed by atoms with Gasteiger partial charge in [-0.1, -0.05) is 6.07 Å².